The summed E-state index contributed by atoms with van der Waals surface area (Å²) >= 11 is 0. The number of anilines is 1. The number of benzene rings is 3. The Morgan fingerprint density at radius 3 is 2.25 bits per heavy atom. The van der Waals surface area contributed by atoms with E-state index in [1.54, 1.807) is 11.7 Å². The Labute approximate surface area is 259 Å². The predicted octanol–water partition coefficient (Wildman–Crippen LogP) is 7.13. The van der Waals surface area contributed by atoms with Gasteiger partial charge in [0.2, 0.25) is 0 Å². The van der Waals surface area contributed by atoms with Gasteiger partial charge in [-0.15, -0.1) is 0 Å². The molecule has 0 bridgehead atoms. The highest BCUT2D eigenvalue weighted by molar-refractivity contribution is 5.63. The number of ether oxygens (including phenoxy) is 3. The zero-order valence-corrected chi connectivity index (χ0v) is 26.2. The van der Waals surface area contributed by atoms with Crippen LogP contribution >= 0.6 is 0 Å². The van der Waals surface area contributed by atoms with Crippen molar-refractivity contribution in [2.24, 2.45) is 5.92 Å². The van der Waals surface area contributed by atoms with Crippen molar-refractivity contribution in [2.45, 2.75) is 52.7 Å². The molecule has 4 aromatic rings. The average molecular weight is 595 g/mol. The van der Waals surface area contributed by atoms with Crippen molar-refractivity contribution < 1.29 is 14.2 Å². The van der Waals surface area contributed by atoms with Gasteiger partial charge in [-0.3, -0.25) is 0 Å². The largest absolute Gasteiger partial charge is 0.495 e. The number of aromatic nitrogens is 3. The second kappa shape index (κ2) is 14.2. The van der Waals surface area contributed by atoms with Crippen LogP contribution < -0.4 is 15.3 Å². The highest BCUT2D eigenvalue weighted by Crippen LogP contribution is 2.41. The summed E-state index contributed by atoms with van der Waals surface area (Å²) in [6, 6.07) is 26.0. The van der Waals surface area contributed by atoms with E-state index in [-0.39, 0.29) is 17.5 Å². The minimum absolute atomic E-state index is 0.213. The van der Waals surface area contributed by atoms with E-state index in [4.69, 9.17) is 14.2 Å². The van der Waals surface area contributed by atoms with Gasteiger partial charge in [0.1, 0.15) is 36.3 Å². The van der Waals surface area contributed by atoms with E-state index in [0.717, 1.165) is 46.9 Å². The number of nitrogens with one attached hydrogen (secondary N) is 1. The van der Waals surface area contributed by atoms with Gasteiger partial charge in [0.15, 0.2) is 0 Å². The minimum atomic E-state index is -0.308. The first-order valence-electron chi connectivity index (χ1n) is 15.2. The number of aromatic amines is 1. The normalized spacial score (nSPS) is 14.9. The number of allylic oxidation sites excluding steroid dienone is 3. The Morgan fingerprint density at radius 2 is 1.64 bits per heavy atom. The molecule has 5 rings (SSSR count). The van der Waals surface area contributed by atoms with E-state index in [2.05, 4.69) is 48.0 Å². The Balaban J connectivity index is 1.55. The summed E-state index contributed by atoms with van der Waals surface area (Å²) in [6.07, 6.45) is 3.58. The molecule has 3 aromatic carbocycles. The molecule has 0 radical (unpaired) electrons. The van der Waals surface area contributed by atoms with Gasteiger partial charge in [-0.05, 0) is 53.7 Å². The van der Waals surface area contributed by atoms with E-state index in [1.807, 2.05) is 79.9 Å². The highest BCUT2D eigenvalue weighted by atomic mass is 16.5. The van der Waals surface area contributed by atoms with Crippen molar-refractivity contribution in [3.63, 3.8) is 0 Å². The number of H-pyrrole nitrogens is 1. The quantitative estimate of drug-likeness (QED) is 0.177. The lowest BCUT2D eigenvalue weighted by Crippen LogP contribution is -2.24. The predicted molar refractivity (Wildman–Crippen MR) is 174 cm³/mol. The summed E-state index contributed by atoms with van der Waals surface area (Å²) in [6.45, 7) is 8.15. The van der Waals surface area contributed by atoms with E-state index in [9.17, 15) is 4.79 Å². The molecule has 230 valence electrons. The average Bonchev–Trinajstić information content (AvgIpc) is 3.44. The molecule has 1 aromatic heterocycles. The van der Waals surface area contributed by atoms with Gasteiger partial charge >= 0.3 is 5.69 Å². The van der Waals surface area contributed by atoms with Crippen LogP contribution in [0.25, 0.3) is 5.69 Å². The standard InChI is InChI=1S/C36H42N4O4/c1-6-19-39(4)31-20-28(17-18-32(31)42-5)40-35(37-38-36(40)41)30-21-29(25(2)3)33(43-23-26-13-9-7-10-14-26)22-34(30)44-24-27-15-11-8-12-16-27/h7-18,20,22,25,30H,6,19,21,23-24H2,1-5H3,(H,38,41). The molecule has 44 heavy (non-hydrogen) atoms. The Bertz CT molecular complexity index is 1650. The van der Waals surface area contributed by atoms with Crippen molar-refractivity contribution in [3.8, 4) is 11.4 Å². The fourth-order valence-corrected chi connectivity index (χ4v) is 5.60. The smallest absolute Gasteiger partial charge is 0.347 e. The summed E-state index contributed by atoms with van der Waals surface area (Å²) in [5.74, 6) is 2.75. The Morgan fingerprint density at radius 1 is 0.977 bits per heavy atom. The van der Waals surface area contributed by atoms with Crippen LogP contribution in [0.5, 0.6) is 5.75 Å². The second-order valence-electron chi connectivity index (χ2n) is 11.4. The molecule has 0 aliphatic heterocycles. The lowest BCUT2D eigenvalue weighted by molar-refractivity contribution is 0.158. The zero-order chi connectivity index (χ0) is 31.1. The summed E-state index contributed by atoms with van der Waals surface area (Å²) < 4.78 is 20.3. The third-order valence-electron chi connectivity index (χ3n) is 7.94. The molecule has 8 nitrogen and oxygen atoms in total. The van der Waals surface area contributed by atoms with Crippen LogP contribution in [0.15, 0.2) is 107 Å². The summed E-state index contributed by atoms with van der Waals surface area (Å²) in [5, 5.41) is 7.30. The van der Waals surface area contributed by atoms with Crippen LogP contribution in [0.2, 0.25) is 0 Å². The molecule has 1 aliphatic rings. The van der Waals surface area contributed by atoms with Crippen LogP contribution in [0.3, 0.4) is 0 Å². The van der Waals surface area contributed by atoms with E-state index >= 15 is 0 Å². The molecule has 0 fully saturated rings. The van der Waals surface area contributed by atoms with Gasteiger partial charge in [-0.2, -0.15) is 5.10 Å². The molecule has 1 unspecified atom stereocenters. The van der Waals surface area contributed by atoms with Gasteiger partial charge in [-0.1, -0.05) is 81.4 Å². The third-order valence-corrected chi connectivity index (χ3v) is 7.94. The third kappa shape index (κ3) is 6.91. The van der Waals surface area contributed by atoms with Gasteiger partial charge in [0, 0.05) is 19.7 Å². The molecule has 1 N–H and O–H groups in total. The topological polar surface area (TPSA) is 81.6 Å². The highest BCUT2D eigenvalue weighted by Gasteiger charge is 2.33. The number of hydrogen-bond donors (Lipinski definition) is 1. The van der Waals surface area contributed by atoms with Crippen LogP contribution in [-0.2, 0) is 22.7 Å². The monoisotopic (exact) mass is 594 g/mol. The van der Waals surface area contributed by atoms with Crippen molar-refractivity contribution in [1.29, 1.82) is 0 Å². The molecule has 1 heterocycles. The maximum atomic E-state index is 13.4. The molecular weight excluding hydrogens is 552 g/mol. The number of nitrogens with zero attached hydrogens (tertiary/aromatic N) is 3. The Kier molecular flexibility index (Phi) is 9.89. The van der Waals surface area contributed by atoms with Crippen LogP contribution in [-0.4, -0.2) is 35.5 Å². The molecule has 1 aliphatic carbocycles. The number of hydrogen-bond acceptors (Lipinski definition) is 6. The van der Waals surface area contributed by atoms with Crippen molar-refractivity contribution in [3.05, 3.63) is 129 Å². The maximum absolute atomic E-state index is 13.4. The van der Waals surface area contributed by atoms with E-state index in [0.29, 0.717) is 36.9 Å². The fourth-order valence-electron chi connectivity index (χ4n) is 5.60. The van der Waals surface area contributed by atoms with Gasteiger partial charge in [0.05, 0.1) is 24.4 Å². The van der Waals surface area contributed by atoms with Gasteiger partial charge in [0.25, 0.3) is 0 Å². The second-order valence-corrected chi connectivity index (χ2v) is 11.4. The van der Waals surface area contributed by atoms with Gasteiger partial charge < -0.3 is 19.1 Å². The molecular formula is C36H42N4O4. The minimum Gasteiger partial charge on any atom is -0.495 e. The Hall–Kier alpha value is -4.72. The first kappa shape index (κ1) is 30.7. The molecule has 0 spiro atoms. The number of methoxy groups -OCH3 is 1. The van der Waals surface area contributed by atoms with Crippen LogP contribution in [0, 0.1) is 5.92 Å². The van der Waals surface area contributed by atoms with Crippen LogP contribution in [0.4, 0.5) is 5.69 Å². The van der Waals surface area contributed by atoms with Crippen molar-refractivity contribution in [1.82, 2.24) is 14.8 Å². The first-order chi connectivity index (χ1) is 21.4. The lowest BCUT2D eigenvalue weighted by atomic mass is 9.85. The lowest BCUT2D eigenvalue weighted by Gasteiger charge is -2.29. The molecule has 0 amide bonds. The van der Waals surface area contributed by atoms with Crippen molar-refractivity contribution in [2.75, 3.05) is 25.6 Å². The molecule has 0 saturated carbocycles. The molecule has 1 atom stereocenters. The van der Waals surface area contributed by atoms with E-state index in [1.165, 1.54) is 0 Å². The van der Waals surface area contributed by atoms with Crippen molar-refractivity contribution >= 4 is 5.69 Å². The van der Waals surface area contributed by atoms with Gasteiger partial charge in [-0.25, -0.2) is 14.5 Å². The molecule has 8 heteroatoms. The SMILES string of the molecule is CCCN(C)c1cc(-n2c(C3CC(C(C)C)=C(OCc4ccccc4)C=C3OCc3ccccc3)n[nH]c2=O)ccc1OC. The first-order valence-corrected chi connectivity index (χ1v) is 15.2. The van der Waals surface area contributed by atoms with E-state index < -0.39 is 0 Å². The zero-order valence-electron chi connectivity index (χ0n) is 26.2. The summed E-state index contributed by atoms with van der Waals surface area (Å²) in [7, 11) is 3.69. The molecule has 0 saturated heterocycles. The fraction of sp³-hybridized carbons (Fsp3) is 0.333. The summed E-state index contributed by atoms with van der Waals surface area (Å²) in [5.41, 5.74) is 4.60. The maximum Gasteiger partial charge on any atom is 0.347 e. The number of rotatable bonds is 13. The summed E-state index contributed by atoms with van der Waals surface area (Å²) in [4.78, 5) is 15.5. The van der Waals surface area contributed by atoms with Crippen LogP contribution in [0.1, 0.15) is 56.5 Å².